The summed E-state index contributed by atoms with van der Waals surface area (Å²) in [4.78, 5) is 21.3. The molecular weight excluding hydrogens is 422 g/mol. The van der Waals surface area contributed by atoms with E-state index in [2.05, 4.69) is 30.5 Å². The molecule has 1 aliphatic heterocycles. The number of carbonyl (C=O) groups excluding carboxylic acids is 1. The number of hydrogen-bond donors (Lipinski definition) is 0. The van der Waals surface area contributed by atoms with Crippen molar-refractivity contribution in [1.29, 1.82) is 0 Å². The number of ketones is 1. The van der Waals surface area contributed by atoms with Crippen molar-refractivity contribution in [2.24, 2.45) is 0 Å². The number of nitrogens with zero attached hydrogens (tertiary/aromatic N) is 3. The number of aryl methyl sites for hydroxylation is 1. The second-order valence-corrected chi connectivity index (χ2v) is 8.00. The number of carbonyl (C=O) groups is 1. The topological polar surface area (TPSA) is 66.2 Å². The van der Waals surface area contributed by atoms with Crippen molar-refractivity contribution in [2.45, 2.75) is 39.3 Å². The van der Waals surface area contributed by atoms with E-state index in [-0.39, 0.29) is 18.5 Å². The van der Waals surface area contributed by atoms with Crippen LogP contribution in [0.15, 0.2) is 35.1 Å². The number of ether oxygens (including phenoxy) is 2. The Bertz CT molecular complexity index is 1030. The molecule has 0 radical (unpaired) electrons. The van der Waals surface area contributed by atoms with Crippen LogP contribution in [0, 0.1) is 13.8 Å². The van der Waals surface area contributed by atoms with Crippen LogP contribution < -0.4 is 4.74 Å². The lowest BCUT2D eigenvalue weighted by Gasteiger charge is -2.14. The van der Waals surface area contributed by atoms with Gasteiger partial charge in [0, 0.05) is 34.6 Å². The molecule has 3 heterocycles. The third kappa shape index (κ3) is 3.82. The van der Waals surface area contributed by atoms with Crippen LogP contribution >= 0.6 is 15.9 Å². The van der Waals surface area contributed by atoms with Gasteiger partial charge in [-0.1, -0.05) is 15.9 Å². The summed E-state index contributed by atoms with van der Waals surface area (Å²) in [6.07, 6.45) is 3.85. The fourth-order valence-corrected chi connectivity index (χ4v) is 4.05. The van der Waals surface area contributed by atoms with E-state index in [0.29, 0.717) is 11.4 Å². The summed E-state index contributed by atoms with van der Waals surface area (Å²) in [5.74, 6) is 0.348. The second-order valence-electron chi connectivity index (χ2n) is 7.08. The van der Waals surface area contributed by atoms with Gasteiger partial charge in [0.25, 0.3) is 0 Å². The molecule has 1 unspecified atom stereocenters. The highest BCUT2D eigenvalue weighted by molar-refractivity contribution is 9.10. The molecule has 1 atom stereocenters. The smallest absolute Gasteiger partial charge is 0.224 e. The summed E-state index contributed by atoms with van der Waals surface area (Å²) in [5, 5.41) is 0.772. The maximum absolute atomic E-state index is 12.8. The molecule has 3 aromatic rings. The molecule has 1 saturated heterocycles. The minimum atomic E-state index is -0.0666. The van der Waals surface area contributed by atoms with Gasteiger partial charge < -0.3 is 14.0 Å². The Kier molecular flexibility index (Phi) is 5.46. The van der Waals surface area contributed by atoms with Crippen molar-refractivity contribution in [3.8, 4) is 5.88 Å². The first-order valence-electron chi connectivity index (χ1n) is 9.37. The van der Waals surface area contributed by atoms with Gasteiger partial charge in [-0.3, -0.25) is 4.79 Å². The number of rotatable bonds is 6. The molecule has 0 amide bonds. The zero-order chi connectivity index (χ0) is 19.7. The van der Waals surface area contributed by atoms with Crippen LogP contribution in [0.3, 0.4) is 0 Å². The molecule has 4 rings (SSSR count). The summed E-state index contributed by atoms with van der Waals surface area (Å²) in [7, 11) is 0. The molecule has 7 heteroatoms. The standard InChI is InChI=1S/C21H22BrN3O3/c1-13-8-17(14(2)25(13)10-16-4-3-7-27-16)20(26)11-28-21-18-9-15(22)5-6-19(18)23-12-24-21/h5-6,8-9,12,16H,3-4,7,10-11H2,1-2H3. The van der Waals surface area contributed by atoms with E-state index in [9.17, 15) is 4.79 Å². The molecule has 6 nitrogen and oxygen atoms in total. The SMILES string of the molecule is Cc1cc(C(=O)COc2ncnc3ccc(Br)cc23)c(C)n1CC1CCCO1. The highest BCUT2D eigenvalue weighted by Gasteiger charge is 2.21. The van der Waals surface area contributed by atoms with E-state index in [0.717, 1.165) is 52.8 Å². The maximum atomic E-state index is 12.8. The third-order valence-electron chi connectivity index (χ3n) is 5.19. The number of halogens is 1. The van der Waals surface area contributed by atoms with Gasteiger partial charge in [0.15, 0.2) is 6.61 Å². The lowest BCUT2D eigenvalue weighted by molar-refractivity contribution is 0.0912. The van der Waals surface area contributed by atoms with Gasteiger partial charge in [0.05, 0.1) is 17.0 Å². The average Bonchev–Trinajstić information content (AvgIpc) is 3.30. The fourth-order valence-electron chi connectivity index (χ4n) is 3.69. The molecule has 0 aliphatic carbocycles. The van der Waals surface area contributed by atoms with Gasteiger partial charge >= 0.3 is 0 Å². The average molecular weight is 444 g/mol. The van der Waals surface area contributed by atoms with Gasteiger partial charge in [-0.2, -0.15) is 0 Å². The molecule has 28 heavy (non-hydrogen) atoms. The first kappa shape index (κ1) is 19.1. The summed E-state index contributed by atoms with van der Waals surface area (Å²) >= 11 is 3.45. The molecule has 0 spiro atoms. The number of benzene rings is 1. The number of aromatic nitrogens is 3. The summed E-state index contributed by atoms with van der Waals surface area (Å²) in [5.41, 5.74) is 3.48. The summed E-state index contributed by atoms with van der Waals surface area (Å²) < 4.78 is 14.6. The fraction of sp³-hybridized carbons (Fsp3) is 0.381. The van der Waals surface area contributed by atoms with Crippen molar-refractivity contribution in [3.63, 3.8) is 0 Å². The van der Waals surface area contributed by atoms with Crippen LogP contribution in [0.1, 0.15) is 34.6 Å². The molecular formula is C21H22BrN3O3. The van der Waals surface area contributed by atoms with E-state index in [1.54, 1.807) is 0 Å². The van der Waals surface area contributed by atoms with Crippen LogP contribution in [0.2, 0.25) is 0 Å². The van der Waals surface area contributed by atoms with Gasteiger partial charge in [-0.15, -0.1) is 0 Å². The van der Waals surface area contributed by atoms with Crippen LogP contribution in [-0.4, -0.2) is 39.6 Å². The number of hydrogen-bond acceptors (Lipinski definition) is 5. The zero-order valence-corrected chi connectivity index (χ0v) is 17.5. The van der Waals surface area contributed by atoms with Gasteiger partial charge in [0.1, 0.15) is 6.33 Å². The molecule has 0 saturated carbocycles. The summed E-state index contributed by atoms with van der Waals surface area (Å²) in [6, 6.07) is 7.62. The highest BCUT2D eigenvalue weighted by Crippen LogP contribution is 2.25. The minimum Gasteiger partial charge on any atom is -0.469 e. The second kappa shape index (κ2) is 8.01. The molecule has 146 valence electrons. The monoisotopic (exact) mass is 443 g/mol. The Morgan fingerprint density at radius 2 is 2.18 bits per heavy atom. The molecule has 0 bridgehead atoms. The molecule has 1 aliphatic rings. The van der Waals surface area contributed by atoms with Crippen LogP contribution in [0.5, 0.6) is 5.88 Å². The van der Waals surface area contributed by atoms with Crippen molar-refractivity contribution in [1.82, 2.24) is 14.5 Å². The molecule has 1 fully saturated rings. The predicted octanol–water partition coefficient (Wildman–Crippen LogP) is 4.25. The first-order valence-corrected chi connectivity index (χ1v) is 10.2. The minimum absolute atomic E-state index is 0.0616. The highest BCUT2D eigenvalue weighted by atomic mass is 79.9. The van der Waals surface area contributed by atoms with Crippen molar-refractivity contribution >= 4 is 32.6 Å². The number of fused-ring (bicyclic) bond motifs is 1. The van der Waals surface area contributed by atoms with Crippen molar-refractivity contribution in [2.75, 3.05) is 13.2 Å². The van der Waals surface area contributed by atoms with Gasteiger partial charge in [0.2, 0.25) is 11.7 Å². The van der Waals surface area contributed by atoms with Crippen LogP contribution in [0.25, 0.3) is 10.9 Å². The Morgan fingerprint density at radius 3 is 2.96 bits per heavy atom. The predicted molar refractivity (Wildman–Crippen MR) is 110 cm³/mol. The first-order chi connectivity index (χ1) is 13.5. The van der Waals surface area contributed by atoms with E-state index in [4.69, 9.17) is 9.47 Å². The van der Waals surface area contributed by atoms with Crippen molar-refractivity contribution < 1.29 is 14.3 Å². The van der Waals surface area contributed by atoms with E-state index in [1.807, 2.05) is 38.1 Å². The van der Waals surface area contributed by atoms with Crippen LogP contribution in [-0.2, 0) is 11.3 Å². The van der Waals surface area contributed by atoms with E-state index >= 15 is 0 Å². The Balaban J connectivity index is 1.51. The Hall–Kier alpha value is -2.25. The summed E-state index contributed by atoms with van der Waals surface area (Å²) in [6.45, 7) is 5.55. The molecule has 1 aromatic carbocycles. The third-order valence-corrected chi connectivity index (χ3v) is 5.68. The quantitative estimate of drug-likeness (QED) is 0.532. The Morgan fingerprint density at radius 1 is 1.32 bits per heavy atom. The van der Waals surface area contributed by atoms with Gasteiger partial charge in [-0.05, 0) is 51.0 Å². The zero-order valence-electron chi connectivity index (χ0n) is 15.9. The maximum Gasteiger partial charge on any atom is 0.224 e. The normalized spacial score (nSPS) is 16.6. The number of Topliss-reactive ketones (excluding diaryl/α,β-unsaturated/α-hetero) is 1. The van der Waals surface area contributed by atoms with Gasteiger partial charge in [-0.25, -0.2) is 9.97 Å². The molecule has 0 N–H and O–H groups in total. The molecule has 2 aromatic heterocycles. The Labute approximate surface area is 172 Å². The van der Waals surface area contributed by atoms with E-state index in [1.165, 1.54) is 6.33 Å². The lowest BCUT2D eigenvalue weighted by Crippen LogP contribution is -2.18. The van der Waals surface area contributed by atoms with Crippen molar-refractivity contribution in [3.05, 3.63) is 52.0 Å². The lowest BCUT2D eigenvalue weighted by atomic mass is 10.1. The van der Waals surface area contributed by atoms with E-state index < -0.39 is 0 Å². The largest absolute Gasteiger partial charge is 0.469 e. The van der Waals surface area contributed by atoms with Crippen LogP contribution in [0.4, 0.5) is 0 Å².